The van der Waals surface area contributed by atoms with Crippen LogP contribution in [0.2, 0.25) is 0 Å². The highest BCUT2D eigenvalue weighted by molar-refractivity contribution is 6.01. The molecule has 7 nitrogen and oxygen atoms in total. The fourth-order valence-electron chi connectivity index (χ4n) is 3.33. The maximum absolute atomic E-state index is 12.9. The smallest absolute Gasteiger partial charge is 0.416 e. The average molecular weight is 403 g/mol. The van der Waals surface area contributed by atoms with E-state index in [2.05, 4.69) is 20.5 Å². The van der Waals surface area contributed by atoms with Gasteiger partial charge in [-0.2, -0.15) is 13.2 Å². The number of likely N-dealkylation sites (tertiary alicyclic amines) is 1. The van der Waals surface area contributed by atoms with Gasteiger partial charge >= 0.3 is 6.18 Å². The first-order valence-electron chi connectivity index (χ1n) is 8.78. The van der Waals surface area contributed by atoms with E-state index in [9.17, 15) is 23.1 Å². The molecule has 1 unspecified atom stereocenters. The molecule has 1 aliphatic rings. The van der Waals surface area contributed by atoms with Gasteiger partial charge in [0.2, 0.25) is 5.91 Å². The average Bonchev–Trinajstić information content (AvgIpc) is 3.00. The summed E-state index contributed by atoms with van der Waals surface area (Å²) in [5.41, 5.74) is -0.626. The first-order valence-corrected chi connectivity index (χ1v) is 8.78. The number of pyridine rings is 1. The van der Waals surface area contributed by atoms with E-state index in [1.807, 2.05) is 0 Å². The van der Waals surface area contributed by atoms with Gasteiger partial charge in [-0.15, -0.1) is 10.2 Å². The molecule has 150 valence electrons. The van der Waals surface area contributed by atoms with Crippen LogP contribution in [0.15, 0.2) is 36.7 Å². The molecule has 2 N–H and O–H groups in total. The summed E-state index contributed by atoms with van der Waals surface area (Å²) in [4.78, 5) is 17.8. The summed E-state index contributed by atoms with van der Waals surface area (Å²) in [5, 5.41) is 22.5. The van der Waals surface area contributed by atoms with Crippen molar-refractivity contribution in [3.8, 4) is 17.0 Å². The van der Waals surface area contributed by atoms with Crippen molar-refractivity contribution in [2.24, 2.45) is 0 Å². The van der Waals surface area contributed by atoms with Gasteiger partial charge in [0.05, 0.1) is 5.56 Å². The third-order valence-corrected chi connectivity index (χ3v) is 4.90. The SMILES string of the molecule is CN1CCC(Nc2nnc(-c3ccc(C(F)(F)F)cc3O)c3ccncc23)C1=O. The minimum atomic E-state index is -4.57. The van der Waals surface area contributed by atoms with Gasteiger partial charge in [-0.05, 0) is 30.7 Å². The molecule has 3 aromatic rings. The number of aromatic hydroxyl groups is 1. The summed E-state index contributed by atoms with van der Waals surface area (Å²) in [6.07, 6.45) is -0.921. The molecule has 0 saturated carbocycles. The van der Waals surface area contributed by atoms with Crippen molar-refractivity contribution >= 4 is 22.5 Å². The van der Waals surface area contributed by atoms with E-state index < -0.39 is 23.5 Å². The van der Waals surface area contributed by atoms with Crippen LogP contribution < -0.4 is 5.32 Å². The molecule has 4 rings (SSSR count). The van der Waals surface area contributed by atoms with Crippen LogP contribution in [0.5, 0.6) is 5.75 Å². The first kappa shape index (κ1) is 18.9. The lowest BCUT2D eigenvalue weighted by Gasteiger charge is -2.15. The Morgan fingerprint density at radius 3 is 2.66 bits per heavy atom. The summed E-state index contributed by atoms with van der Waals surface area (Å²) < 4.78 is 38.6. The maximum Gasteiger partial charge on any atom is 0.416 e. The molecule has 1 aliphatic heterocycles. The van der Waals surface area contributed by atoms with E-state index in [-0.39, 0.29) is 17.2 Å². The Kier molecular flexibility index (Phi) is 4.48. The van der Waals surface area contributed by atoms with Crippen molar-refractivity contribution in [2.75, 3.05) is 18.9 Å². The largest absolute Gasteiger partial charge is 0.507 e. The van der Waals surface area contributed by atoms with Gasteiger partial charge in [0, 0.05) is 42.3 Å². The normalized spacial score (nSPS) is 17.2. The van der Waals surface area contributed by atoms with Crippen molar-refractivity contribution in [3.05, 3.63) is 42.2 Å². The number of benzene rings is 1. The van der Waals surface area contributed by atoms with Gasteiger partial charge in [0.15, 0.2) is 5.82 Å². The zero-order valence-electron chi connectivity index (χ0n) is 15.2. The molecule has 29 heavy (non-hydrogen) atoms. The van der Waals surface area contributed by atoms with Gasteiger partial charge in [0.25, 0.3) is 0 Å². The number of phenols is 1. The van der Waals surface area contributed by atoms with Gasteiger partial charge < -0.3 is 15.3 Å². The van der Waals surface area contributed by atoms with Crippen LogP contribution >= 0.6 is 0 Å². The number of nitrogens with zero attached hydrogens (tertiary/aromatic N) is 4. The standard InChI is InChI=1S/C19H16F3N5O2/c1-27-7-5-14(18(27)29)24-17-13-9-23-6-4-11(13)16(25-26-17)12-3-2-10(8-15(12)28)19(20,21)22/h2-4,6,8-9,14,28H,5,7H2,1H3,(H,24,26). The fraction of sp³-hybridized carbons (Fsp3) is 0.263. The molecule has 1 amide bonds. The number of fused-ring (bicyclic) bond motifs is 1. The number of anilines is 1. The maximum atomic E-state index is 12.9. The Morgan fingerprint density at radius 2 is 2.00 bits per heavy atom. The predicted octanol–water partition coefficient (Wildman–Crippen LogP) is 3.06. The summed E-state index contributed by atoms with van der Waals surface area (Å²) >= 11 is 0. The second kappa shape index (κ2) is 6.87. The lowest BCUT2D eigenvalue weighted by Crippen LogP contribution is -2.31. The summed E-state index contributed by atoms with van der Waals surface area (Å²) in [6, 6.07) is 3.88. The lowest BCUT2D eigenvalue weighted by molar-refractivity contribution is -0.137. The molecular weight excluding hydrogens is 387 g/mol. The molecule has 0 aliphatic carbocycles. The molecule has 0 spiro atoms. The molecule has 1 fully saturated rings. The van der Waals surface area contributed by atoms with Gasteiger partial charge in [0.1, 0.15) is 17.5 Å². The second-order valence-electron chi connectivity index (χ2n) is 6.79. The number of amides is 1. The van der Waals surface area contributed by atoms with Gasteiger partial charge in [-0.1, -0.05) is 0 Å². The molecule has 3 heterocycles. The zero-order chi connectivity index (χ0) is 20.8. The fourth-order valence-corrected chi connectivity index (χ4v) is 3.33. The quantitative estimate of drug-likeness (QED) is 0.699. The number of nitrogens with one attached hydrogen (secondary N) is 1. The van der Waals surface area contributed by atoms with E-state index in [1.54, 1.807) is 18.0 Å². The number of phenolic OH excluding ortho intramolecular Hbond substituents is 1. The molecule has 1 aromatic carbocycles. The highest BCUT2D eigenvalue weighted by atomic mass is 19.4. The minimum absolute atomic E-state index is 0.0618. The van der Waals surface area contributed by atoms with Crippen LogP contribution in [-0.2, 0) is 11.0 Å². The number of hydrogen-bond acceptors (Lipinski definition) is 6. The van der Waals surface area contributed by atoms with E-state index in [0.717, 1.165) is 12.1 Å². The molecule has 1 atom stereocenters. The van der Waals surface area contributed by atoms with E-state index >= 15 is 0 Å². The predicted molar refractivity (Wildman–Crippen MR) is 99.1 cm³/mol. The van der Waals surface area contributed by atoms with Crippen LogP contribution in [0.4, 0.5) is 19.0 Å². The molecule has 0 radical (unpaired) electrons. The number of carbonyl (C=O) groups is 1. The number of halogens is 3. The number of rotatable bonds is 3. The van der Waals surface area contributed by atoms with Crippen LogP contribution in [0.25, 0.3) is 22.0 Å². The van der Waals surface area contributed by atoms with Crippen molar-refractivity contribution in [2.45, 2.75) is 18.6 Å². The minimum Gasteiger partial charge on any atom is -0.507 e. The Labute approximate surface area is 163 Å². The molecular formula is C19H16F3N5O2. The monoisotopic (exact) mass is 403 g/mol. The Balaban J connectivity index is 1.77. The van der Waals surface area contributed by atoms with Crippen molar-refractivity contribution in [1.82, 2.24) is 20.1 Å². The summed E-state index contributed by atoms with van der Waals surface area (Å²) in [7, 11) is 1.71. The number of hydrogen-bond donors (Lipinski definition) is 2. The van der Waals surface area contributed by atoms with Crippen molar-refractivity contribution < 1.29 is 23.1 Å². The summed E-state index contributed by atoms with van der Waals surface area (Å²) in [6.45, 7) is 0.623. The third-order valence-electron chi connectivity index (χ3n) is 4.90. The van der Waals surface area contributed by atoms with Crippen LogP contribution in [-0.4, -0.2) is 50.7 Å². The van der Waals surface area contributed by atoms with E-state index in [1.165, 1.54) is 12.4 Å². The number of likely N-dealkylation sites (N-methyl/N-ethyl adjacent to an activating group) is 1. The third kappa shape index (κ3) is 3.41. The van der Waals surface area contributed by atoms with E-state index in [4.69, 9.17) is 0 Å². The summed E-state index contributed by atoms with van der Waals surface area (Å²) in [5.74, 6) is -0.272. The van der Waals surface area contributed by atoms with Crippen molar-refractivity contribution in [3.63, 3.8) is 0 Å². The van der Waals surface area contributed by atoms with Crippen LogP contribution in [0, 0.1) is 0 Å². The van der Waals surface area contributed by atoms with Gasteiger partial charge in [-0.25, -0.2) is 0 Å². The Hall–Kier alpha value is -3.43. The number of alkyl halides is 3. The molecule has 0 bridgehead atoms. The highest BCUT2D eigenvalue weighted by Gasteiger charge is 2.32. The molecule has 1 saturated heterocycles. The highest BCUT2D eigenvalue weighted by Crippen LogP contribution is 2.38. The lowest BCUT2D eigenvalue weighted by atomic mass is 10.0. The Morgan fingerprint density at radius 1 is 1.21 bits per heavy atom. The molecule has 2 aromatic heterocycles. The van der Waals surface area contributed by atoms with Crippen molar-refractivity contribution in [1.29, 1.82) is 0 Å². The van der Waals surface area contributed by atoms with Gasteiger partial charge in [-0.3, -0.25) is 9.78 Å². The molecule has 10 heteroatoms. The van der Waals surface area contributed by atoms with Crippen LogP contribution in [0.1, 0.15) is 12.0 Å². The topological polar surface area (TPSA) is 91.2 Å². The zero-order valence-corrected chi connectivity index (χ0v) is 15.2. The van der Waals surface area contributed by atoms with E-state index in [0.29, 0.717) is 35.6 Å². The van der Waals surface area contributed by atoms with Crippen LogP contribution in [0.3, 0.4) is 0 Å². The number of carbonyl (C=O) groups excluding carboxylic acids is 1. The second-order valence-corrected chi connectivity index (χ2v) is 6.79. The Bertz CT molecular complexity index is 1100. The number of aromatic nitrogens is 3. The first-order chi connectivity index (χ1) is 13.8.